The van der Waals surface area contributed by atoms with Gasteiger partial charge in [-0.15, -0.1) is 0 Å². The van der Waals surface area contributed by atoms with E-state index >= 15 is 0 Å². The average Bonchev–Trinajstić information content (AvgIpc) is 2.31. The van der Waals surface area contributed by atoms with Crippen molar-refractivity contribution in [3.8, 4) is 6.07 Å². The van der Waals surface area contributed by atoms with Gasteiger partial charge in [-0.05, 0) is 19.0 Å². The molecule has 3 heteroatoms. The van der Waals surface area contributed by atoms with Crippen LogP contribution in [-0.2, 0) is 0 Å². The maximum atomic E-state index is 13.4. The summed E-state index contributed by atoms with van der Waals surface area (Å²) in [5.41, 5.74) is 0.432. The second-order valence-electron chi connectivity index (χ2n) is 3.74. The lowest BCUT2D eigenvalue weighted by atomic mass is 10.1. The summed E-state index contributed by atoms with van der Waals surface area (Å²) >= 11 is 0. The minimum atomic E-state index is -0.543. The first-order valence-corrected chi connectivity index (χ1v) is 5.67. The number of hydrogen-bond donors (Lipinski definition) is 1. The molecule has 0 aliphatic carbocycles. The molecule has 0 spiro atoms. The topological polar surface area (TPSA) is 35.8 Å². The number of rotatable bonds is 6. The summed E-state index contributed by atoms with van der Waals surface area (Å²) in [4.78, 5) is 0. The van der Waals surface area contributed by atoms with E-state index in [1.807, 2.05) is 0 Å². The van der Waals surface area contributed by atoms with Crippen molar-refractivity contribution in [3.05, 3.63) is 35.6 Å². The molecule has 0 saturated heterocycles. The van der Waals surface area contributed by atoms with Gasteiger partial charge in [-0.2, -0.15) is 5.26 Å². The summed E-state index contributed by atoms with van der Waals surface area (Å²) < 4.78 is 13.4. The van der Waals surface area contributed by atoms with Crippen molar-refractivity contribution in [2.45, 2.75) is 32.2 Å². The molecule has 1 N–H and O–H groups in total. The molecule has 0 bridgehead atoms. The quantitative estimate of drug-likeness (QED) is 0.747. The van der Waals surface area contributed by atoms with Gasteiger partial charge in [-0.1, -0.05) is 38.0 Å². The molecule has 0 amide bonds. The smallest absolute Gasteiger partial charge is 0.129 e. The van der Waals surface area contributed by atoms with Crippen molar-refractivity contribution in [1.82, 2.24) is 5.32 Å². The molecular weight excluding hydrogens is 203 g/mol. The van der Waals surface area contributed by atoms with Crippen molar-refractivity contribution < 1.29 is 4.39 Å². The molecule has 1 atom stereocenters. The lowest BCUT2D eigenvalue weighted by molar-refractivity contribution is 0.545. The van der Waals surface area contributed by atoms with Crippen LogP contribution >= 0.6 is 0 Å². The molecule has 2 nitrogen and oxygen atoms in total. The number of unbranched alkanes of at least 4 members (excludes halogenated alkanes) is 2. The van der Waals surface area contributed by atoms with E-state index in [9.17, 15) is 4.39 Å². The summed E-state index contributed by atoms with van der Waals surface area (Å²) in [6.07, 6.45) is 3.28. The molecule has 1 aromatic carbocycles. The molecule has 0 heterocycles. The van der Waals surface area contributed by atoms with Gasteiger partial charge in [0, 0.05) is 5.56 Å². The number of nitriles is 1. The lowest BCUT2D eigenvalue weighted by Gasteiger charge is -2.12. The zero-order valence-corrected chi connectivity index (χ0v) is 9.54. The second kappa shape index (κ2) is 6.97. The number of nitrogens with zero attached hydrogens (tertiary/aromatic N) is 1. The van der Waals surface area contributed by atoms with E-state index in [0.717, 1.165) is 25.8 Å². The monoisotopic (exact) mass is 220 g/mol. The summed E-state index contributed by atoms with van der Waals surface area (Å²) in [5, 5.41) is 12.0. The van der Waals surface area contributed by atoms with E-state index in [0.29, 0.717) is 5.56 Å². The van der Waals surface area contributed by atoms with Gasteiger partial charge in [0.05, 0.1) is 6.07 Å². The molecule has 0 fully saturated rings. The highest BCUT2D eigenvalue weighted by molar-refractivity contribution is 5.25. The largest absolute Gasteiger partial charge is 0.298 e. The first-order valence-electron chi connectivity index (χ1n) is 5.67. The minimum Gasteiger partial charge on any atom is -0.298 e. The van der Waals surface area contributed by atoms with Crippen molar-refractivity contribution in [2.75, 3.05) is 6.54 Å². The fourth-order valence-electron chi connectivity index (χ4n) is 1.56. The van der Waals surface area contributed by atoms with Gasteiger partial charge >= 0.3 is 0 Å². The van der Waals surface area contributed by atoms with Crippen LogP contribution in [0.1, 0.15) is 37.8 Å². The number of halogens is 1. The molecule has 1 aromatic rings. The average molecular weight is 220 g/mol. The highest BCUT2D eigenvalue weighted by Crippen LogP contribution is 2.15. The van der Waals surface area contributed by atoms with Crippen LogP contribution in [0.25, 0.3) is 0 Å². The normalized spacial score (nSPS) is 12.1. The summed E-state index contributed by atoms with van der Waals surface area (Å²) in [6, 6.07) is 7.95. The molecule has 0 saturated carbocycles. The molecular formula is C13H17FN2. The molecule has 0 aliphatic heterocycles. The third kappa shape index (κ3) is 3.63. The van der Waals surface area contributed by atoms with Gasteiger partial charge in [-0.3, -0.25) is 5.32 Å². The maximum absolute atomic E-state index is 13.4. The predicted molar refractivity (Wildman–Crippen MR) is 62.3 cm³/mol. The number of hydrogen-bond acceptors (Lipinski definition) is 2. The summed E-state index contributed by atoms with van der Waals surface area (Å²) in [5.74, 6) is -0.322. The molecule has 1 rings (SSSR count). The van der Waals surface area contributed by atoms with Crippen LogP contribution in [0.5, 0.6) is 0 Å². The Bertz CT molecular complexity index is 357. The van der Waals surface area contributed by atoms with Crippen LogP contribution < -0.4 is 5.32 Å². The van der Waals surface area contributed by atoms with Gasteiger partial charge in [0.15, 0.2) is 0 Å². The Balaban J connectivity index is 2.55. The predicted octanol–water partition coefficient (Wildman–Crippen LogP) is 3.17. The van der Waals surface area contributed by atoms with Crippen LogP contribution in [-0.4, -0.2) is 6.54 Å². The second-order valence-corrected chi connectivity index (χ2v) is 3.74. The Morgan fingerprint density at radius 2 is 2.12 bits per heavy atom. The third-order valence-corrected chi connectivity index (χ3v) is 2.47. The van der Waals surface area contributed by atoms with E-state index < -0.39 is 6.04 Å². The van der Waals surface area contributed by atoms with Crippen LogP contribution in [0.15, 0.2) is 24.3 Å². The molecule has 0 radical (unpaired) electrons. The van der Waals surface area contributed by atoms with Crippen molar-refractivity contribution >= 4 is 0 Å². The Kier molecular flexibility index (Phi) is 5.52. The van der Waals surface area contributed by atoms with E-state index in [1.165, 1.54) is 6.07 Å². The first kappa shape index (κ1) is 12.7. The zero-order chi connectivity index (χ0) is 11.8. The lowest BCUT2D eigenvalue weighted by Crippen LogP contribution is -2.22. The van der Waals surface area contributed by atoms with Gasteiger partial charge in [0.2, 0.25) is 0 Å². The standard InChI is InChI=1S/C13H17FN2/c1-2-3-6-9-16-13(10-15)11-7-4-5-8-12(11)14/h4-5,7-8,13,16H,2-3,6,9H2,1H3. The molecule has 0 aromatic heterocycles. The Morgan fingerprint density at radius 1 is 1.38 bits per heavy atom. The Morgan fingerprint density at radius 3 is 2.75 bits per heavy atom. The van der Waals surface area contributed by atoms with Gasteiger partial charge in [0.1, 0.15) is 11.9 Å². The molecule has 1 unspecified atom stereocenters. The Labute approximate surface area is 96.1 Å². The number of nitrogens with one attached hydrogen (secondary N) is 1. The SMILES string of the molecule is CCCCCNC(C#N)c1ccccc1F. The molecule has 16 heavy (non-hydrogen) atoms. The van der Waals surface area contributed by atoms with Crippen LogP contribution in [0.3, 0.4) is 0 Å². The van der Waals surface area contributed by atoms with Crippen LogP contribution in [0, 0.1) is 17.1 Å². The maximum Gasteiger partial charge on any atom is 0.129 e. The van der Waals surface area contributed by atoms with Gasteiger partial charge in [0.25, 0.3) is 0 Å². The summed E-state index contributed by atoms with van der Waals surface area (Å²) in [6.45, 7) is 2.87. The van der Waals surface area contributed by atoms with Gasteiger partial charge < -0.3 is 0 Å². The molecule has 0 aliphatic rings. The fourth-order valence-corrected chi connectivity index (χ4v) is 1.56. The fraction of sp³-hybridized carbons (Fsp3) is 0.462. The van der Waals surface area contributed by atoms with E-state index in [2.05, 4.69) is 18.3 Å². The number of benzene rings is 1. The highest BCUT2D eigenvalue weighted by Gasteiger charge is 2.13. The van der Waals surface area contributed by atoms with Crippen LogP contribution in [0.2, 0.25) is 0 Å². The Hall–Kier alpha value is -1.40. The van der Waals surface area contributed by atoms with E-state index in [-0.39, 0.29) is 5.82 Å². The highest BCUT2D eigenvalue weighted by atomic mass is 19.1. The van der Waals surface area contributed by atoms with E-state index in [4.69, 9.17) is 5.26 Å². The summed E-state index contributed by atoms with van der Waals surface area (Å²) in [7, 11) is 0. The third-order valence-electron chi connectivity index (χ3n) is 2.47. The van der Waals surface area contributed by atoms with Crippen molar-refractivity contribution in [2.24, 2.45) is 0 Å². The van der Waals surface area contributed by atoms with Crippen molar-refractivity contribution in [1.29, 1.82) is 5.26 Å². The van der Waals surface area contributed by atoms with E-state index in [1.54, 1.807) is 18.2 Å². The zero-order valence-electron chi connectivity index (χ0n) is 9.54. The first-order chi connectivity index (χ1) is 7.79. The minimum absolute atomic E-state index is 0.322. The van der Waals surface area contributed by atoms with Crippen LogP contribution in [0.4, 0.5) is 4.39 Å². The molecule has 86 valence electrons. The van der Waals surface area contributed by atoms with Crippen molar-refractivity contribution in [3.63, 3.8) is 0 Å². The van der Waals surface area contributed by atoms with Gasteiger partial charge in [-0.25, -0.2) is 4.39 Å².